The molecule has 1 aromatic carbocycles. The van der Waals surface area contributed by atoms with E-state index in [1.165, 1.54) is 12.1 Å². The Balaban J connectivity index is 2.94. The van der Waals surface area contributed by atoms with Crippen molar-refractivity contribution in [2.75, 3.05) is 13.0 Å². The molecule has 96 valence electrons. The van der Waals surface area contributed by atoms with E-state index in [0.29, 0.717) is 0 Å². The number of rotatable bonds is 5. The maximum Gasteiger partial charge on any atom is 0.391 e. The fourth-order valence-electron chi connectivity index (χ4n) is 1.02. The maximum atomic E-state index is 11.9. The molecule has 1 unspecified atom stereocenters. The minimum atomic E-state index is -4.51. The average molecular weight is 301 g/mol. The van der Waals surface area contributed by atoms with Crippen molar-refractivity contribution in [1.29, 1.82) is 0 Å². The Labute approximate surface area is 103 Å². The lowest BCUT2D eigenvalue weighted by Crippen LogP contribution is -2.01. The second-order valence-electron chi connectivity index (χ2n) is 3.12. The molecule has 0 amide bonds. The molecule has 2 N–H and O–H groups in total. The normalized spacial score (nSPS) is 15.3. The smallest absolute Gasteiger partial charge is 0.391 e. The highest BCUT2D eigenvalue weighted by atomic mass is 35.5. The molecule has 0 fully saturated rings. The van der Waals surface area contributed by atoms with Gasteiger partial charge in [0.1, 0.15) is 5.75 Å². The Morgan fingerprint density at radius 2 is 1.88 bits per heavy atom. The van der Waals surface area contributed by atoms with Crippen LogP contribution in [0, 0.1) is 0 Å². The Morgan fingerprint density at radius 3 is 2.35 bits per heavy atom. The van der Waals surface area contributed by atoms with Gasteiger partial charge in [-0.2, -0.15) is 0 Å². The Bertz CT molecular complexity index is 485. The largest absolute Gasteiger partial charge is 0.422 e. The summed E-state index contributed by atoms with van der Waals surface area (Å²) in [7, 11) is -7.38. The van der Waals surface area contributed by atoms with Crippen LogP contribution in [0.15, 0.2) is 24.3 Å². The van der Waals surface area contributed by atoms with Gasteiger partial charge in [0, 0.05) is 7.11 Å². The molecule has 1 atom stereocenters. The summed E-state index contributed by atoms with van der Waals surface area (Å²) in [6.45, 7) is 0. The molecule has 0 aliphatic rings. The van der Waals surface area contributed by atoms with Gasteiger partial charge in [0.25, 0.3) is 0 Å². The molecule has 0 heterocycles. The highest BCUT2D eigenvalue weighted by Crippen LogP contribution is 2.58. The van der Waals surface area contributed by atoms with E-state index in [0.717, 1.165) is 7.11 Å². The molecule has 17 heavy (non-hydrogen) atoms. The maximum absolute atomic E-state index is 11.9. The summed E-state index contributed by atoms with van der Waals surface area (Å²) < 4.78 is 32.3. The number of halogens is 1. The zero-order valence-electron chi connectivity index (χ0n) is 8.82. The van der Waals surface area contributed by atoms with Crippen molar-refractivity contribution in [2.24, 2.45) is 0 Å². The summed E-state index contributed by atoms with van der Waals surface area (Å²) in [5.41, 5.74) is 0. The van der Waals surface area contributed by atoms with Gasteiger partial charge in [0.15, 0.2) is 5.90 Å². The molecule has 0 aromatic heterocycles. The SMILES string of the molecule is COP(=O)(CP(=O)(O)O)Oc1ccccc1Cl. The van der Waals surface area contributed by atoms with E-state index in [2.05, 4.69) is 4.52 Å². The average Bonchev–Trinajstić information content (AvgIpc) is 2.19. The summed E-state index contributed by atoms with van der Waals surface area (Å²) in [5.74, 6) is -0.949. The lowest BCUT2D eigenvalue weighted by molar-refractivity contribution is 0.319. The molecular weight excluding hydrogens is 289 g/mol. The first kappa shape index (κ1) is 14.7. The molecule has 0 spiro atoms. The molecular formula is C8H11ClO6P2. The third-order valence-corrected chi connectivity index (χ3v) is 5.91. The van der Waals surface area contributed by atoms with E-state index in [4.69, 9.17) is 25.9 Å². The van der Waals surface area contributed by atoms with E-state index in [9.17, 15) is 9.13 Å². The van der Waals surface area contributed by atoms with E-state index in [1.54, 1.807) is 12.1 Å². The van der Waals surface area contributed by atoms with E-state index < -0.39 is 21.1 Å². The molecule has 0 aliphatic heterocycles. The highest BCUT2D eigenvalue weighted by Gasteiger charge is 2.35. The van der Waals surface area contributed by atoms with Crippen LogP contribution >= 0.6 is 26.8 Å². The van der Waals surface area contributed by atoms with E-state index in [-0.39, 0.29) is 10.8 Å². The summed E-state index contributed by atoms with van der Waals surface area (Å²) in [4.78, 5) is 17.6. The summed E-state index contributed by atoms with van der Waals surface area (Å²) >= 11 is 5.76. The van der Waals surface area contributed by atoms with Crippen molar-refractivity contribution in [3.63, 3.8) is 0 Å². The quantitative estimate of drug-likeness (QED) is 0.812. The van der Waals surface area contributed by atoms with Crippen LogP contribution < -0.4 is 4.52 Å². The van der Waals surface area contributed by atoms with Crippen molar-refractivity contribution in [1.82, 2.24) is 0 Å². The molecule has 1 aromatic rings. The van der Waals surface area contributed by atoms with Crippen LogP contribution in [0.3, 0.4) is 0 Å². The van der Waals surface area contributed by atoms with Gasteiger partial charge in [-0.3, -0.25) is 4.57 Å². The van der Waals surface area contributed by atoms with Crippen molar-refractivity contribution >= 4 is 26.8 Å². The first-order chi connectivity index (χ1) is 7.76. The molecule has 1 rings (SSSR count). The minimum absolute atomic E-state index is 0.0489. The highest BCUT2D eigenvalue weighted by molar-refractivity contribution is 7.70. The first-order valence-electron chi connectivity index (χ1n) is 4.39. The van der Waals surface area contributed by atoms with Gasteiger partial charge < -0.3 is 18.8 Å². The molecule has 0 saturated carbocycles. The number of benzene rings is 1. The molecule has 0 saturated heterocycles. The van der Waals surface area contributed by atoms with Crippen LogP contribution in [-0.2, 0) is 13.7 Å². The monoisotopic (exact) mass is 300 g/mol. The fraction of sp³-hybridized carbons (Fsp3) is 0.250. The second-order valence-corrected chi connectivity index (χ2v) is 7.76. The van der Waals surface area contributed by atoms with E-state index >= 15 is 0 Å². The van der Waals surface area contributed by atoms with Gasteiger partial charge in [-0.15, -0.1) is 0 Å². The van der Waals surface area contributed by atoms with Gasteiger partial charge in [0.2, 0.25) is 0 Å². The minimum Gasteiger partial charge on any atom is -0.422 e. The zero-order valence-corrected chi connectivity index (χ0v) is 11.4. The lowest BCUT2D eigenvalue weighted by atomic mass is 10.3. The van der Waals surface area contributed by atoms with Gasteiger partial charge >= 0.3 is 15.2 Å². The molecule has 0 aliphatic carbocycles. The third kappa shape index (κ3) is 4.80. The van der Waals surface area contributed by atoms with Crippen LogP contribution in [0.2, 0.25) is 5.02 Å². The van der Waals surface area contributed by atoms with Gasteiger partial charge in [-0.1, -0.05) is 23.7 Å². The van der Waals surface area contributed by atoms with Crippen molar-refractivity contribution in [3.05, 3.63) is 29.3 Å². The lowest BCUT2D eigenvalue weighted by Gasteiger charge is -2.18. The summed E-state index contributed by atoms with van der Waals surface area (Å²) in [6, 6.07) is 6.14. The topological polar surface area (TPSA) is 93.1 Å². The predicted octanol–water partition coefficient (Wildman–Crippen LogP) is 2.69. The Hall–Kier alpha value is -0.350. The van der Waals surface area contributed by atoms with Gasteiger partial charge in [-0.25, -0.2) is 4.57 Å². The van der Waals surface area contributed by atoms with Crippen LogP contribution in [-0.4, -0.2) is 22.8 Å². The number of hydrogen-bond acceptors (Lipinski definition) is 4. The number of para-hydroxylation sites is 1. The second kappa shape index (κ2) is 5.53. The van der Waals surface area contributed by atoms with Crippen molar-refractivity contribution in [2.45, 2.75) is 0 Å². The van der Waals surface area contributed by atoms with Crippen molar-refractivity contribution in [3.8, 4) is 5.75 Å². The van der Waals surface area contributed by atoms with Gasteiger partial charge in [-0.05, 0) is 12.1 Å². The van der Waals surface area contributed by atoms with Crippen LogP contribution in [0.4, 0.5) is 0 Å². The molecule has 9 heteroatoms. The van der Waals surface area contributed by atoms with Crippen LogP contribution in [0.25, 0.3) is 0 Å². The molecule has 0 bridgehead atoms. The summed E-state index contributed by atoms with van der Waals surface area (Å²) in [5, 5.41) is 0.176. The van der Waals surface area contributed by atoms with Crippen LogP contribution in [0.1, 0.15) is 0 Å². The van der Waals surface area contributed by atoms with Crippen LogP contribution in [0.5, 0.6) is 5.75 Å². The standard InChI is InChI=1S/C8H11ClO6P2/c1-14-17(13,6-16(10,11)12)15-8-5-3-2-4-7(8)9/h2-5H,6H2,1H3,(H2,10,11,12). The van der Waals surface area contributed by atoms with Gasteiger partial charge in [0.05, 0.1) is 5.02 Å². The third-order valence-electron chi connectivity index (χ3n) is 1.71. The molecule has 0 radical (unpaired) electrons. The zero-order chi connectivity index (χ0) is 13.1. The van der Waals surface area contributed by atoms with Crippen molar-refractivity contribution < 1.29 is 28.0 Å². The molecule has 6 nitrogen and oxygen atoms in total. The Kier molecular flexibility index (Phi) is 4.78. The Morgan fingerprint density at radius 1 is 1.29 bits per heavy atom. The number of hydrogen-bond donors (Lipinski definition) is 2. The van der Waals surface area contributed by atoms with E-state index in [1.807, 2.05) is 0 Å². The predicted molar refractivity (Wildman–Crippen MR) is 63.6 cm³/mol. The summed E-state index contributed by atoms with van der Waals surface area (Å²) in [6.07, 6.45) is 0. The fourth-order valence-corrected chi connectivity index (χ4v) is 4.28. The first-order valence-corrected chi connectivity index (χ1v) is 8.29.